The molecule has 12 heteroatoms. The van der Waals surface area contributed by atoms with Crippen molar-refractivity contribution in [1.82, 2.24) is 14.2 Å². The van der Waals surface area contributed by atoms with Crippen molar-refractivity contribution in [1.29, 1.82) is 0 Å². The maximum absolute atomic E-state index is 13.0. The predicted octanol–water partition coefficient (Wildman–Crippen LogP) is 2.91. The lowest BCUT2D eigenvalue weighted by Crippen LogP contribution is -2.49. The molecular formula is C19H21F3N4O3S2. The zero-order chi connectivity index (χ0) is 22.2. The molecular weight excluding hydrogens is 453 g/mol. The highest BCUT2D eigenvalue weighted by atomic mass is 32.2. The molecule has 0 radical (unpaired) electrons. The Hall–Kier alpha value is -2.18. The van der Waals surface area contributed by atoms with E-state index >= 15 is 0 Å². The predicted molar refractivity (Wildman–Crippen MR) is 110 cm³/mol. The van der Waals surface area contributed by atoms with Crippen LogP contribution in [0.25, 0.3) is 0 Å². The largest absolute Gasteiger partial charge is 0.417 e. The number of amides is 1. The first-order chi connectivity index (χ1) is 14.7. The van der Waals surface area contributed by atoms with Crippen LogP contribution in [-0.4, -0.2) is 67.8 Å². The standard InChI is InChI=1S/C19H21F3N4O3S2/c20-19(21,22)14-3-4-16(23-13-14)24-8-10-25(11-9-24)18(27)17-15(5-12-30-17)31(28,29)26-6-1-2-7-26/h3-5,12-13H,1-2,6-11H2. The van der Waals surface area contributed by atoms with Crippen molar-refractivity contribution in [2.45, 2.75) is 23.9 Å². The first kappa shape index (κ1) is 22.0. The molecule has 31 heavy (non-hydrogen) atoms. The number of rotatable bonds is 4. The van der Waals surface area contributed by atoms with Gasteiger partial charge in [-0.05, 0) is 36.4 Å². The Kier molecular flexibility index (Phi) is 5.97. The minimum Gasteiger partial charge on any atom is -0.353 e. The average molecular weight is 475 g/mol. The molecule has 7 nitrogen and oxygen atoms in total. The van der Waals surface area contributed by atoms with E-state index in [1.165, 1.54) is 16.4 Å². The first-order valence-electron chi connectivity index (χ1n) is 9.83. The molecule has 2 aliphatic heterocycles. The van der Waals surface area contributed by atoms with Crippen LogP contribution < -0.4 is 4.90 Å². The van der Waals surface area contributed by atoms with Crippen LogP contribution in [0.1, 0.15) is 28.1 Å². The highest BCUT2D eigenvalue weighted by Crippen LogP contribution is 2.31. The van der Waals surface area contributed by atoms with Gasteiger partial charge in [0.15, 0.2) is 0 Å². The Morgan fingerprint density at radius 3 is 2.26 bits per heavy atom. The van der Waals surface area contributed by atoms with E-state index in [0.717, 1.165) is 36.4 Å². The molecule has 0 saturated carbocycles. The van der Waals surface area contributed by atoms with Gasteiger partial charge in [-0.1, -0.05) is 0 Å². The number of thiophene rings is 1. The molecule has 2 aromatic rings. The van der Waals surface area contributed by atoms with Crippen LogP contribution in [-0.2, 0) is 16.2 Å². The van der Waals surface area contributed by atoms with Gasteiger partial charge in [0, 0.05) is 45.5 Å². The fourth-order valence-corrected chi connectivity index (χ4v) is 6.63. The van der Waals surface area contributed by atoms with Crippen LogP contribution in [0, 0.1) is 0 Å². The van der Waals surface area contributed by atoms with Gasteiger partial charge in [-0.25, -0.2) is 13.4 Å². The highest BCUT2D eigenvalue weighted by molar-refractivity contribution is 7.89. The van der Waals surface area contributed by atoms with Gasteiger partial charge >= 0.3 is 6.18 Å². The zero-order valence-electron chi connectivity index (χ0n) is 16.5. The van der Waals surface area contributed by atoms with Gasteiger partial charge in [0.25, 0.3) is 5.91 Å². The summed E-state index contributed by atoms with van der Waals surface area (Å²) in [4.78, 5) is 20.6. The van der Waals surface area contributed by atoms with Crippen LogP contribution in [0.5, 0.6) is 0 Å². The number of pyridine rings is 1. The van der Waals surface area contributed by atoms with Crippen molar-refractivity contribution in [2.75, 3.05) is 44.2 Å². The van der Waals surface area contributed by atoms with Gasteiger partial charge in [-0.3, -0.25) is 4.79 Å². The lowest BCUT2D eigenvalue weighted by molar-refractivity contribution is -0.137. The lowest BCUT2D eigenvalue weighted by atomic mass is 10.2. The highest BCUT2D eigenvalue weighted by Gasteiger charge is 2.34. The van der Waals surface area contributed by atoms with E-state index in [4.69, 9.17) is 0 Å². The van der Waals surface area contributed by atoms with E-state index < -0.39 is 21.8 Å². The van der Waals surface area contributed by atoms with Crippen molar-refractivity contribution >= 4 is 33.1 Å². The number of carbonyl (C=O) groups is 1. The maximum Gasteiger partial charge on any atom is 0.417 e. The quantitative estimate of drug-likeness (QED) is 0.681. The molecule has 2 fully saturated rings. The number of halogens is 3. The van der Waals surface area contributed by atoms with Crippen LogP contribution in [0.15, 0.2) is 34.7 Å². The number of carbonyl (C=O) groups excluding carboxylic acids is 1. The zero-order valence-corrected chi connectivity index (χ0v) is 18.1. The summed E-state index contributed by atoms with van der Waals surface area (Å²) in [5.41, 5.74) is -0.811. The topological polar surface area (TPSA) is 73.8 Å². The Morgan fingerprint density at radius 2 is 1.68 bits per heavy atom. The monoisotopic (exact) mass is 474 g/mol. The van der Waals surface area contributed by atoms with Gasteiger partial charge in [0.1, 0.15) is 15.6 Å². The van der Waals surface area contributed by atoms with E-state index in [-0.39, 0.29) is 15.7 Å². The Bertz CT molecular complexity index is 1040. The summed E-state index contributed by atoms with van der Waals surface area (Å²) in [5, 5.41) is 1.61. The molecule has 0 atom stereocenters. The average Bonchev–Trinajstić information content (AvgIpc) is 3.45. The third-order valence-electron chi connectivity index (χ3n) is 5.47. The van der Waals surface area contributed by atoms with Gasteiger partial charge < -0.3 is 9.80 Å². The normalized spacial score (nSPS) is 18.5. The molecule has 0 unspecified atom stereocenters. The van der Waals surface area contributed by atoms with Gasteiger partial charge in [0.2, 0.25) is 10.0 Å². The van der Waals surface area contributed by atoms with Crippen molar-refractivity contribution < 1.29 is 26.4 Å². The van der Waals surface area contributed by atoms with Crippen molar-refractivity contribution in [3.8, 4) is 0 Å². The molecule has 0 aliphatic carbocycles. The number of hydrogen-bond acceptors (Lipinski definition) is 6. The fourth-order valence-electron chi connectivity index (χ4n) is 3.75. The molecule has 4 heterocycles. The van der Waals surface area contributed by atoms with Gasteiger partial charge in [0.05, 0.1) is 5.56 Å². The smallest absolute Gasteiger partial charge is 0.353 e. The maximum atomic E-state index is 13.0. The third kappa shape index (κ3) is 4.41. The third-order valence-corrected chi connectivity index (χ3v) is 8.44. The number of sulfonamides is 1. The van der Waals surface area contributed by atoms with Gasteiger partial charge in [-0.2, -0.15) is 17.5 Å². The summed E-state index contributed by atoms with van der Waals surface area (Å²) in [7, 11) is -3.70. The second-order valence-corrected chi connectivity index (χ2v) is 10.2. The molecule has 0 aromatic carbocycles. The summed E-state index contributed by atoms with van der Waals surface area (Å²) >= 11 is 1.11. The summed E-state index contributed by atoms with van der Waals surface area (Å²) in [6.07, 6.45) is -2.02. The summed E-state index contributed by atoms with van der Waals surface area (Å²) < 4.78 is 65.4. The van der Waals surface area contributed by atoms with Crippen molar-refractivity contribution in [3.05, 3.63) is 40.2 Å². The van der Waals surface area contributed by atoms with Crippen molar-refractivity contribution in [2.24, 2.45) is 0 Å². The van der Waals surface area contributed by atoms with E-state index in [1.807, 2.05) is 0 Å². The Labute approximate surface area is 182 Å². The van der Waals surface area contributed by atoms with E-state index in [2.05, 4.69) is 4.98 Å². The van der Waals surface area contributed by atoms with E-state index in [0.29, 0.717) is 45.1 Å². The molecule has 168 valence electrons. The summed E-state index contributed by atoms with van der Waals surface area (Å²) in [6, 6.07) is 3.79. The molecule has 1 amide bonds. The Morgan fingerprint density at radius 1 is 1.00 bits per heavy atom. The minimum atomic E-state index is -4.44. The molecule has 0 N–H and O–H groups in total. The Balaban J connectivity index is 1.43. The SMILES string of the molecule is O=C(c1sccc1S(=O)(=O)N1CCCC1)N1CCN(c2ccc(C(F)(F)F)cn2)CC1. The van der Waals surface area contributed by atoms with E-state index in [1.54, 1.807) is 15.2 Å². The molecule has 0 bridgehead atoms. The number of piperazine rings is 1. The first-order valence-corrected chi connectivity index (χ1v) is 12.1. The molecule has 2 aromatic heterocycles. The van der Waals surface area contributed by atoms with Crippen LogP contribution in [0.2, 0.25) is 0 Å². The molecule has 4 rings (SSSR count). The van der Waals surface area contributed by atoms with Crippen LogP contribution >= 0.6 is 11.3 Å². The van der Waals surface area contributed by atoms with Gasteiger partial charge in [-0.15, -0.1) is 11.3 Å². The number of aromatic nitrogens is 1. The number of nitrogens with zero attached hydrogens (tertiary/aromatic N) is 4. The number of hydrogen-bond donors (Lipinski definition) is 0. The molecule has 2 saturated heterocycles. The summed E-state index contributed by atoms with van der Waals surface area (Å²) in [6.45, 7) is 2.36. The lowest BCUT2D eigenvalue weighted by Gasteiger charge is -2.35. The minimum absolute atomic E-state index is 0.0521. The van der Waals surface area contributed by atoms with Crippen molar-refractivity contribution in [3.63, 3.8) is 0 Å². The fraction of sp³-hybridized carbons (Fsp3) is 0.474. The number of alkyl halides is 3. The second-order valence-electron chi connectivity index (χ2n) is 7.41. The molecule has 0 spiro atoms. The van der Waals surface area contributed by atoms with Crippen LogP contribution in [0.3, 0.4) is 0 Å². The summed E-state index contributed by atoms with van der Waals surface area (Å²) in [5.74, 6) is 0.0707. The molecule has 2 aliphatic rings. The second kappa shape index (κ2) is 8.40. The van der Waals surface area contributed by atoms with Crippen LogP contribution in [0.4, 0.5) is 19.0 Å². The number of anilines is 1. The van der Waals surface area contributed by atoms with E-state index in [9.17, 15) is 26.4 Å².